The van der Waals surface area contributed by atoms with Crippen molar-refractivity contribution >= 4 is 5.78 Å². The van der Waals surface area contributed by atoms with E-state index in [9.17, 15) is 4.79 Å². The molecular formula is C15H21NO. The fourth-order valence-electron chi connectivity index (χ4n) is 2.46. The standard InChI is InChI=1S/C15H21NO/c1-2-4-12-5-3-6-14(9-12)15(17)10-13-7-8-16-11-13/h3,5-6,9,13,16H,2,4,7-8,10-11H2,1H3. The first-order chi connectivity index (χ1) is 8.29. The highest BCUT2D eigenvalue weighted by Crippen LogP contribution is 2.17. The third-order valence-corrected chi connectivity index (χ3v) is 3.42. The van der Waals surface area contributed by atoms with Gasteiger partial charge in [-0.15, -0.1) is 0 Å². The summed E-state index contributed by atoms with van der Waals surface area (Å²) in [5, 5.41) is 3.31. The zero-order valence-electron chi connectivity index (χ0n) is 10.5. The van der Waals surface area contributed by atoms with Crippen LogP contribution >= 0.6 is 0 Å². The number of carbonyl (C=O) groups excluding carboxylic acids is 1. The van der Waals surface area contributed by atoms with Gasteiger partial charge in [0.25, 0.3) is 0 Å². The number of nitrogens with one attached hydrogen (secondary N) is 1. The monoisotopic (exact) mass is 231 g/mol. The average molecular weight is 231 g/mol. The molecule has 1 saturated heterocycles. The van der Waals surface area contributed by atoms with Gasteiger partial charge in [0.1, 0.15) is 0 Å². The molecule has 2 heteroatoms. The van der Waals surface area contributed by atoms with Crippen LogP contribution in [0.5, 0.6) is 0 Å². The first-order valence-electron chi connectivity index (χ1n) is 6.62. The normalized spacial score (nSPS) is 19.5. The molecule has 1 aliphatic heterocycles. The SMILES string of the molecule is CCCc1cccc(C(=O)CC2CCNC2)c1. The van der Waals surface area contributed by atoms with Gasteiger partial charge in [-0.2, -0.15) is 0 Å². The minimum atomic E-state index is 0.302. The van der Waals surface area contributed by atoms with E-state index in [1.54, 1.807) is 0 Å². The number of rotatable bonds is 5. The zero-order valence-corrected chi connectivity index (χ0v) is 10.5. The Kier molecular flexibility index (Phi) is 4.32. The van der Waals surface area contributed by atoms with Crippen molar-refractivity contribution in [2.75, 3.05) is 13.1 Å². The van der Waals surface area contributed by atoms with Gasteiger partial charge in [-0.1, -0.05) is 31.5 Å². The van der Waals surface area contributed by atoms with E-state index >= 15 is 0 Å². The van der Waals surface area contributed by atoms with Crippen molar-refractivity contribution in [3.63, 3.8) is 0 Å². The topological polar surface area (TPSA) is 29.1 Å². The fourth-order valence-corrected chi connectivity index (χ4v) is 2.46. The van der Waals surface area contributed by atoms with Crippen molar-refractivity contribution < 1.29 is 4.79 Å². The maximum absolute atomic E-state index is 12.1. The maximum Gasteiger partial charge on any atom is 0.163 e. The lowest BCUT2D eigenvalue weighted by Crippen LogP contribution is -2.13. The van der Waals surface area contributed by atoms with Crippen LogP contribution in [0.1, 0.15) is 42.1 Å². The predicted octanol–water partition coefficient (Wildman–Crippen LogP) is 2.82. The molecule has 1 fully saturated rings. The van der Waals surface area contributed by atoms with Gasteiger partial charge < -0.3 is 5.32 Å². The molecule has 0 spiro atoms. The second kappa shape index (κ2) is 5.97. The van der Waals surface area contributed by atoms with Gasteiger partial charge >= 0.3 is 0 Å². The molecule has 1 aromatic rings. The molecule has 1 atom stereocenters. The van der Waals surface area contributed by atoms with Crippen LogP contribution in [0.2, 0.25) is 0 Å². The molecule has 0 bridgehead atoms. The second-order valence-electron chi connectivity index (χ2n) is 4.94. The minimum absolute atomic E-state index is 0.302. The Bertz CT molecular complexity index is 380. The molecule has 0 radical (unpaired) electrons. The van der Waals surface area contributed by atoms with Crippen molar-refractivity contribution in [3.8, 4) is 0 Å². The van der Waals surface area contributed by atoms with Crippen LogP contribution in [0.4, 0.5) is 0 Å². The van der Waals surface area contributed by atoms with E-state index in [-0.39, 0.29) is 0 Å². The van der Waals surface area contributed by atoms with Crippen LogP contribution in [0, 0.1) is 5.92 Å². The average Bonchev–Trinajstić information content (AvgIpc) is 2.83. The Morgan fingerprint density at radius 3 is 3.06 bits per heavy atom. The first kappa shape index (κ1) is 12.3. The number of aryl methyl sites for hydroxylation is 1. The number of hydrogen-bond acceptors (Lipinski definition) is 2. The number of carbonyl (C=O) groups is 1. The van der Waals surface area contributed by atoms with Gasteiger partial charge in [0, 0.05) is 12.0 Å². The summed E-state index contributed by atoms with van der Waals surface area (Å²) in [5.74, 6) is 0.842. The molecule has 2 rings (SSSR count). The van der Waals surface area contributed by atoms with E-state index in [4.69, 9.17) is 0 Å². The Morgan fingerprint density at radius 1 is 1.47 bits per heavy atom. The molecular weight excluding hydrogens is 210 g/mol. The van der Waals surface area contributed by atoms with Crippen LogP contribution in [-0.4, -0.2) is 18.9 Å². The minimum Gasteiger partial charge on any atom is -0.316 e. The summed E-state index contributed by atoms with van der Waals surface area (Å²) in [7, 11) is 0. The van der Waals surface area contributed by atoms with Gasteiger partial charge in [0.2, 0.25) is 0 Å². The van der Waals surface area contributed by atoms with Crippen LogP contribution in [0.25, 0.3) is 0 Å². The number of hydrogen-bond donors (Lipinski definition) is 1. The molecule has 0 aromatic heterocycles. The van der Waals surface area contributed by atoms with Crippen molar-refractivity contribution in [1.82, 2.24) is 5.32 Å². The molecule has 17 heavy (non-hydrogen) atoms. The van der Waals surface area contributed by atoms with E-state index in [1.165, 1.54) is 5.56 Å². The molecule has 1 unspecified atom stereocenters. The molecule has 0 aliphatic carbocycles. The van der Waals surface area contributed by atoms with Crippen molar-refractivity contribution in [3.05, 3.63) is 35.4 Å². The Hall–Kier alpha value is -1.15. The lowest BCUT2D eigenvalue weighted by Gasteiger charge is -2.08. The lowest BCUT2D eigenvalue weighted by molar-refractivity contribution is 0.0964. The van der Waals surface area contributed by atoms with Gasteiger partial charge in [0.15, 0.2) is 5.78 Å². The fraction of sp³-hybridized carbons (Fsp3) is 0.533. The predicted molar refractivity (Wildman–Crippen MR) is 70.4 cm³/mol. The summed E-state index contributed by atoms with van der Waals surface area (Å²) in [6.07, 6.45) is 4.03. The zero-order chi connectivity index (χ0) is 12.1. The number of benzene rings is 1. The largest absolute Gasteiger partial charge is 0.316 e. The highest BCUT2D eigenvalue weighted by molar-refractivity contribution is 5.96. The van der Waals surface area contributed by atoms with Crippen molar-refractivity contribution in [1.29, 1.82) is 0 Å². The molecule has 1 heterocycles. The lowest BCUT2D eigenvalue weighted by atomic mass is 9.96. The van der Waals surface area contributed by atoms with E-state index in [0.717, 1.165) is 37.9 Å². The first-order valence-corrected chi connectivity index (χ1v) is 6.62. The third-order valence-electron chi connectivity index (χ3n) is 3.42. The molecule has 0 saturated carbocycles. The van der Waals surface area contributed by atoms with E-state index < -0.39 is 0 Å². The highest BCUT2D eigenvalue weighted by Gasteiger charge is 2.18. The molecule has 2 nitrogen and oxygen atoms in total. The van der Waals surface area contributed by atoms with Gasteiger partial charge in [-0.25, -0.2) is 0 Å². The van der Waals surface area contributed by atoms with Crippen molar-refractivity contribution in [2.24, 2.45) is 5.92 Å². The summed E-state index contributed by atoms with van der Waals surface area (Å²) >= 11 is 0. The summed E-state index contributed by atoms with van der Waals surface area (Å²) in [6.45, 7) is 4.23. The third kappa shape index (κ3) is 3.40. The van der Waals surface area contributed by atoms with E-state index in [0.29, 0.717) is 18.1 Å². The smallest absolute Gasteiger partial charge is 0.163 e. The van der Waals surface area contributed by atoms with Crippen LogP contribution in [0.15, 0.2) is 24.3 Å². The van der Waals surface area contributed by atoms with Crippen LogP contribution in [0.3, 0.4) is 0 Å². The quantitative estimate of drug-likeness (QED) is 0.789. The Balaban J connectivity index is 1.99. The summed E-state index contributed by atoms with van der Waals surface area (Å²) in [5.41, 5.74) is 2.17. The van der Waals surface area contributed by atoms with Crippen LogP contribution in [-0.2, 0) is 6.42 Å². The van der Waals surface area contributed by atoms with E-state index in [1.807, 2.05) is 12.1 Å². The molecule has 1 aliphatic rings. The molecule has 0 amide bonds. The Labute approximate surface area is 103 Å². The Morgan fingerprint density at radius 2 is 2.35 bits per heavy atom. The molecule has 92 valence electrons. The maximum atomic E-state index is 12.1. The van der Waals surface area contributed by atoms with Gasteiger partial charge in [0.05, 0.1) is 0 Å². The summed E-state index contributed by atoms with van der Waals surface area (Å²) in [6, 6.07) is 8.13. The summed E-state index contributed by atoms with van der Waals surface area (Å²) in [4.78, 5) is 12.1. The van der Waals surface area contributed by atoms with E-state index in [2.05, 4.69) is 24.4 Å². The molecule has 1 N–H and O–H groups in total. The number of ketones is 1. The number of Topliss-reactive ketones (excluding diaryl/α,β-unsaturated/α-hetero) is 1. The van der Waals surface area contributed by atoms with Crippen LogP contribution < -0.4 is 5.32 Å². The molecule has 1 aromatic carbocycles. The summed E-state index contributed by atoms with van der Waals surface area (Å²) < 4.78 is 0. The van der Waals surface area contributed by atoms with Gasteiger partial charge in [-0.05, 0) is 43.5 Å². The second-order valence-corrected chi connectivity index (χ2v) is 4.94. The van der Waals surface area contributed by atoms with Crippen molar-refractivity contribution in [2.45, 2.75) is 32.6 Å². The highest BCUT2D eigenvalue weighted by atomic mass is 16.1. The van der Waals surface area contributed by atoms with Gasteiger partial charge in [-0.3, -0.25) is 4.79 Å².